The molecule has 0 amide bonds. The minimum absolute atomic E-state index is 0.631. The van der Waals surface area contributed by atoms with Crippen LogP contribution in [-0.4, -0.2) is 4.40 Å². The molecule has 0 aliphatic heterocycles. The van der Waals surface area contributed by atoms with Crippen LogP contribution >= 0.6 is 12.6 Å². The number of thiol groups is 1. The highest BCUT2D eigenvalue weighted by Crippen LogP contribution is 2.28. The molecule has 0 aliphatic rings. The minimum Gasteiger partial charge on any atom is -0.310 e. The molecule has 0 atom stereocenters. The predicted octanol–water partition coefficient (Wildman–Crippen LogP) is 4.38. The van der Waals surface area contributed by atoms with Crippen LogP contribution in [0.5, 0.6) is 0 Å². The quantitative estimate of drug-likeness (QED) is 0.657. The average Bonchev–Trinajstić information content (AvgIpc) is 2.84. The molecule has 0 saturated heterocycles. The van der Waals surface area contributed by atoms with Crippen molar-refractivity contribution in [2.75, 3.05) is 0 Å². The van der Waals surface area contributed by atoms with Gasteiger partial charge in [0.25, 0.3) is 0 Å². The van der Waals surface area contributed by atoms with Crippen LogP contribution < -0.4 is 0 Å². The van der Waals surface area contributed by atoms with Gasteiger partial charge >= 0.3 is 0 Å². The van der Waals surface area contributed by atoms with E-state index in [2.05, 4.69) is 56.0 Å². The summed E-state index contributed by atoms with van der Waals surface area (Å²) in [7, 11) is 0. The van der Waals surface area contributed by atoms with Crippen LogP contribution in [0, 0.1) is 25.2 Å². The van der Waals surface area contributed by atoms with Crippen molar-refractivity contribution in [3.05, 3.63) is 59.3 Å². The van der Waals surface area contributed by atoms with E-state index in [1.165, 1.54) is 11.1 Å². The van der Waals surface area contributed by atoms with Gasteiger partial charge in [-0.2, -0.15) is 5.26 Å². The van der Waals surface area contributed by atoms with E-state index in [1.807, 2.05) is 23.6 Å². The van der Waals surface area contributed by atoms with Gasteiger partial charge in [-0.25, -0.2) is 0 Å². The monoisotopic (exact) mass is 278 g/mol. The van der Waals surface area contributed by atoms with Crippen molar-refractivity contribution >= 4 is 18.1 Å². The van der Waals surface area contributed by atoms with Crippen LogP contribution in [-0.2, 0) is 0 Å². The fraction of sp³-hybridized carbons (Fsp3) is 0.118. The molecular formula is C17H14N2S. The Balaban J connectivity index is 2.23. The van der Waals surface area contributed by atoms with E-state index >= 15 is 0 Å². The second kappa shape index (κ2) is 4.73. The molecular weight excluding hydrogens is 264 g/mol. The molecule has 98 valence electrons. The molecule has 0 bridgehead atoms. The topological polar surface area (TPSA) is 28.2 Å². The number of nitriles is 1. The Kier molecular flexibility index (Phi) is 3.04. The number of benzene rings is 1. The lowest BCUT2D eigenvalue weighted by Gasteiger charge is -2.05. The zero-order valence-corrected chi connectivity index (χ0v) is 12.3. The highest BCUT2D eigenvalue weighted by molar-refractivity contribution is 7.80. The Morgan fingerprint density at radius 1 is 1.05 bits per heavy atom. The summed E-state index contributed by atoms with van der Waals surface area (Å²) in [4.78, 5) is 0. The Labute approximate surface area is 123 Å². The van der Waals surface area contributed by atoms with Gasteiger partial charge in [0.1, 0.15) is 6.07 Å². The van der Waals surface area contributed by atoms with Gasteiger partial charge in [0.05, 0.1) is 10.6 Å². The summed E-state index contributed by atoms with van der Waals surface area (Å²) in [6, 6.07) is 14.8. The molecule has 3 rings (SSSR count). The van der Waals surface area contributed by atoms with E-state index < -0.39 is 0 Å². The smallest absolute Gasteiger partial charge is 0.102 e. The number of aryl methyl sites for hydroxylation is 2. The molecule has 0 unspecified atom stereocenters. The SMILES string of the molecule is Cc1ccc(-c2cc3cc(C)c(C#N)c(S)n3c2)cc1. The van der Waals surface area contributed by atoms with Gasteiger partial charge in [-0.05, 0) is 37.1 Å². The molecule has 1 aromatic carbocycles. The first kappa shape index (κ1) is 12.8. The summed E-state index contributed by atoms with van der Waals surface area (Å²) in [6.45, 7) is 4.02. The third-order valence-corrected chi connectivity index (χ3v) is 4.00. The lowest BCUT2D eigenvalue weighted by atomic mass is 10.1. The summed E-state index contributed by atoms with van der Waals surface area (Å²) in [6.07, 6.45) is 2.03. The van der Waals surface area contributed by atoms with Gasteiger partial charge in [0.2, 0.25) is 0 Å². The van der Waals surface area contributed by atoms with Crippen molar-refractivity contribution in [3.8, 4) is 17.2 Å². The molecule has 3 heteroatoms. The second-order valence-corrected chi connectivity index (χ2v) is 5.45. The predicted molar refractivity (Wildman–Crippen MR) is 84.3 cm³/mol. The number of pyridine rings is 1. The van der Waals surface area contributed by atoms with Gasteiger partial charge in [-0.1, -0.05) is 29.8 Å². The molecule has 0 saturated carbocycles. The first-order chi connectivity index (χ1) is 9.60. The van der Waals surface area contributed by atoms with Gasteiger partial charge in [-0.15, -0.1) is 12.6 Å². The molecule has 0 spiro atoms. The number of hydrogen-bond acceptors (Lipinski definition) is 2. The van der Waals surface area contributed by atoms with Crippen molar-refractivity contribution in [2.45, 2.75) is 18.9 Å². The van der Waals surface area contributed by atoms with E-state index in [-0.39, 0.29) is 0 Å². The fourth-order valence-electron chi connectivity index (χ4n) is 2.41. The summed E-state index contributed by atoms with van der Waals surface area (Å²) >= 11 is 4.50. The van der Waals surface area contributed by atoms with Gasteiger partial charge in [-0.3, -0.25) is 0 Å². The number of nitrogens with zero attached hydrogens (tertiary/aromatic N) is 2. The first-order valence-corrected chi connectivity index (χ1v) is 6.86. The summed E-state index contributed by atoms with van der Waals surface area (Å²) in [5.41, 5.74) is 6.19. The lowest BCUT2D eigenvalue weighted by Crippen LogP contribution is -1.93. The fourth-order valence-corrected chi connectivity index (χ4v) is 2.81. The number of rotatable bonds is 1. The minimum atomic E-state index is 0.631. The zero-order chi connectivity index (χ0) is 14.3. The number of fused-ring (bicyclic) bond motifs is 1. The number of aromatic nitrogens is 1. The third-order valence-electron chi connectivity index (χ3n) is 3.56. The van der Waals surface area contributed by atoms with Crippen LogP contribution in [0.2, 0.25) is 0 Å². The van der Waals surface area contributed by atoms with Crippen molar-refractivity contribution in [3.63, 3.8) is 0 Å². The van der Waals surface area contributed by atoms with Gasteiger partial charge in [0, 0.05) is 17.3 Å². The first-order valence-electron chi connectivity index (χ1n) is 6.42. The van der Waals surface area contributed by atoms with E-state index in [1.54, 1.807) is 0 Å². The highest BCUT2D eigenvalue weighted by Gasteiger charge is 2.10. The molecule has 0 radical (unpaired) electrons. The van der Waals surface area contributed by atoms with Crippen LogP contribution in [0.3, 0.4) is 0 Å². The zero-order valence-electron chi connectivity index (χ0n) is 11.4. The van der Waals surface area contributed by atoms with Crippen molar-refractivity contribution in [1.82, 2.24) is 4.40 Å². The molecule has 0 fully saturated rings. The normalized spacial score (nSPS) is 10.7. The molecule has 3 aromatic rings. The van der Waals surface area contributed by atoms with Crippen LogP contribution in [0.4, 0.5) is 0 Å². The molecule has 2 nitrogen and oxygen atoms in total. The Morgan fingerprint density at radius 3 is 2.40 bits per heavy atom. The maximum Gasteiger partial charge on any atom is 0.102 e. The van der Waals surface area contributed by atoms with E-state index in [0.29, 0.717) is 10.6 Å². The molecule has 2 heterocycles. The Bertz CT molecular complexity index is 836. The molecule has 0 aliphatic carbocycles. The molecule has 0 N–H and O–H groups in total. The van der Waals surface area contributed by atoms with E-state index in [0.717, 1.165) is 16.6 Å². The summed E-state index contributed by atoms with van der Waals surface area (Å²) < 4.78 is 1.96. The van der Waals surface area contributed by atoms with Gasteiger partial charge < -0.3 is 4.40 Å². The van der Waals surface area contributed by atoms with Crippen molar-refractivity contribution in [2.24, 2.45) is 0 Å². The lowest BCUT2D eigenvalue weighted by molar-refractivity contribution is 1.01. The van der Waals surface area contributed by atoms with Crippen molar-refractivity contribution < 1.29 is 0 Å². The molecule has 2 aromatic heterocycles. The van der Waals surface area contributed by atoms with Crippen LogP contribution in [0.25, 0.3) is 16.6 Å². The maximum atomic E-state index is 9.20. The summed E-state index contributed by atoms with van der Waals surface area (Å²) in [5, 5.41) is 9.90. The van der Waals surface area contributed by atoms with Crippen LogP contribution in [0.15, 0.2) is 47.6 Å². The largest absolute Gasteiger partial charge is 0.310 e. The standard InChI is InChI=1S/C17H14N2S/c1-11-3-5-13(6-4-11)14-8-15-7-12(2)16(9-18)17(20)19(15)10-14/h3-8,10,20H,1-2H3. The highest BCUT2D eigenvalue weighted by atomic mass is 32.1. The van der Waals surface area contributed by atoms with Crippen LogP contribution in [0.1, 0.15) is 16.7 Å². The second-order valence-electron chi connectivity index (χ2n) is 5.03. The maximum absolute atomic E-state index is 9.20. The third kappa shape index (κ3) is 1.99. The Morgan fingerprint density at radius 2 is 1.75 bits per heavy atom. The number of hydrogen-bond donors (Lipinski definition) is 1. The van der Waals surface area contributed by atoms with E-state index in [4.69, 9.17) is 0 Å². The van der Waals surface area contributed by atoms with Gasteiger partial charge in [0.15, 0.2) is 0 Å². The summed E-state index contributed by atoms with van der Waals surface area (Å²) in [5.74, 6) is 0. The Hall–Kier alpha value is -2.18. The van der Waals surface area contributed by atoms with Crippen molar-refractivity contribution in [1.29, 1.82) is 5.26 Å². The molecule has 20 heavy (non-hydrogen) atoms. The average molecular weight is 278 g/mol. The van der Waals surface area contributed by atoms with E-state index in [9.17, 15) is 5.26 Å².